The Kier molecular flexibility index (Phi) is 5.16. The van der Waals surface area contributed by atoms with Gasteiger partial charge in [-0.05, 0) is 20.9 Å². The number of ether oxygens (including phenoxy) is 1. The molecule has 0 rings (SSSR count). The van der Waals surface area contributed by atoms with E-state index in [1.165, 1.54) is 6.92 Å². The van der Waals surface area contributed by atoms with E-state index in [0.717, 1.165) is 0 Å². The van der Waals surface area contributed by atoms with E-state index in [4.69, 9.17) is 4.74 Å². The maximum absolute atomic E-state index is 10.4. The van der Waals surface area contributed by atoms with Crippen LogP contribution in [0.1, 0.15) is 13.8 Å². The average Bonchev–Trinajstić information content (AvgIpc) is 1.87. The predicted molar refractivity (Wildman–Crippen MR) is 40.0 cm³/mol. The van der Waals surface area contributed by atoms with Crippen LogP contribution in [0.4, 0.5) is 0 Å². The molecule has 0 spiro atoms. The van der Waals surface area contributed by atoms with Crippen molar-refractivity contribution >= 4 is 5.78 Å². The highest BCUT2D eigenvalue weighted by molar-refractivity contribution is 5.76. The minimum atomic E-state index is 0.0725. The summed E-state index contributed by atoms with van der Waals surface area (Å²) in [5.74, 6) is 0.0725. The van der Waals surface area contributed by atoms with Gasteiger partial charge in [0.25, 0.3) is 0 Å². The molecule has 60 valence electrons. The van der Waals surface area contributed by atoms with E-state index in [1.807, 2.05) is 14.0 Å². The number of nitrogens with one attached hydrogen (secondary N) is 1. The van der Waals surface area contributed by atoms with Crippen LogP contribution in [0.5, 0.6) is 0 Å². The summed E-state index contributed by atoms with van der Waals surface area (Å²) in [7, 11) is 1.86. The van der Waals surface area contributed by atoms with Crippen LogP contribution in [0.2, 0.25) is 0 Å². The standard InChI is InChI=1S/C7H15NO2/c1-6(8-3)4-10-5-7(2)9/h6,8H,4-5H2,1-3H3. The second-order valence-electron chi connectivity index (χ2n) is 2.41. The van der Waals surface area contributed by atoms with Gasteiger partial charge >= 0.3 is 0 Å². The van der Waals surface area contributed by atoms with Crippen LogP contribution < -0.4 is 5.32 Å². The van der Waals surface area contributed by atoms with E-state index in [-0.39, 0.29) is 12.4 Å². The maximum atomic E-state index is 10.4. The third kappa shape index (κ3) is 5.72. The Labute approximate surface area is 61.8 Å². The molecule has 0 heterocycles. The van der Waals surface area contributed by atoms with Gasteiger partial charge in [0.05, 0.1) is 6.61 Å². The van der Waals surface area contributed by atoms with Crippen molar-refractivity contribution in [2.24, 2.45) is 0 Å². The van der Waals surface area contributed by atoms with Crippen LogP contribution in [-0.4, -0.2) is 32.1 Å². The van der Waals surface area contributed by atoms with Gasteiger partial charge in [-0.1, -0.05) is 0 Å². The molecule has 10 heavy (non-hydrogen) atoms. The van der Waals surface area contributed by atoms with Gasteiger partial charge in [0, 0.05) is 6.04 Å². The largest absolute Gasteiger partial charge is 0.372 e. The number of carbonyl (C=O) groups is 1. The molecule has 0 fully saturated rings. The molecule has 0 bridgehead atoms. The van der Waals surface area contributed by atoms with Gasteiger partial charge in [-0.15, -0.1) is 0 Å². The summed E-state index contributed by atoms with van der Waals surface area (Å²) in [5.41, 5.74) is 0. The Morgan fingerprint density at radius 1 is 1.70 bits per heavy atom. The summed E-state index contributed by atoms with van der Waals surface area (Å²) < 4.78 is 5.04. The molecule has 3 nitrogen and oxygen atoms in total. The SMILES string of the molecule is CNC(C)COCC(C)=O. The summed E-state index contributed by atoms with van der Waals surface area (Å²) in [5, 5.41) is 3.00. The van der Waals surface area contributed by atoms with Gasteiger partial charge < -0.3 is 10.1 Å². The van der Waals surface area contributed by atoms with Crippen LogP contribution in [-0.2, 0) is 9.53 Å². The fourth-order valence-electron chi connectivity index (χ4n) is 0.463. The third-order valence-electron chi connectivity index (χ3n) is 1.17. The van der Waals surface area contributed by atoms with Crippen LogP contribution in [0.3, 0.4) is 0 Å². The van der Waals surface area contributed by atoms with Crippen LogP contribution in [0, 0.1) is 0 Å². The highest BCUT2D eigenvalue weighted by Crippen LogP contribution is 1.82. The Balaban J connectivity index is 3.11. The van der Waals surface area contributed by atoms with Crippen molar-refractivity contribution in [3.63, 3.8) is 0 Å². The van der Waals surface area contributed by atoms with E-state index in [2.05, 4.69) is 5.32 Å². The minimum absolute atomic E-state index is 0.0725. The molecule has 0 saturated carbocycles. The summed E-state index contributed by atoms with van der Waals surface area (Å²) in [4.78, 5) is 10.4. The molecule has 1 atom stereocenters. The van der Waals surface area contributed by atoms with Crippen LogP contribution in [0.25, 0.3) is 0 Å². The van der Waals surface area contributed by atoms with Gasteiger partial charge in [-0.25, -0.2) is 0 Å². The molecule has 0 aromatic heterocycles. The summed E-state index contributed by atoms with van der Waals surface area (Å²) in [6.07, 6.45) is 0. The van der Waals surface area contributed by atoms with Gasteiger partial charge in [0.2, 0.25) is 0 Å². The van der Waals surface area contributed by atoms with E-state index in [0.29, 0.717) is 12.6 Å². The number of ketones is 1. The molecule has 0 aliphatic carbocycles. The summed E-state index contributed by atoms with van der Waals surface area (Å²) in [6, 6.07) is 0.319. The second-order valence-corrected chi connectivity index (χ2v) is 2.41. The first-order chi connectivity index (χ1) is 4.66. The third-order valence-corrected chi connectivity index (χ3v) is 1.17. The number of hydrogen-bond donors (Lipinski definition) is 1. The molecule has 0 aromatic carbocycles. The maximum Gasteiger partial charge on any atom is 0.155 e. The number of likely N-dealkylation sites (N-methyl/N-ethyl adjacent to an activating group) is 1. The van der Waals surface area contributed by atoms with Crippen LogP contribution in [0.15, 0.2) is 0 Å². The van der Waals surface area contributed by atoms with E-state index in [1.54, 1.807) is 0 Å². The molecule has 1 unspecified atom stereocenters. The molecule has 0 amide bonds. The van der Waals surface area contributed by atoms with Crippen LogP contribution >= 0.6 is 0 Å². The first kappa shape index (κ1) is 9.59. The van der Waals surface area contributed by atoms with Gasteiger partial charge in [-0.2, -0.15) is 0 Å². The van der Waals surface area contributed by atoms with E-state index in [9.17, 15) is 4.79 Å². The van der Waals surface area contributed by atoms with Crippen molar-refractivity contribution in [3.05, 3.63) is 0 Å². The van der Waals surface area contributed by atoms with Gasteiger partial charge in [0.15, 0.2) is 5.78 Å². The quantitative estimate of drug-likeness (QED) is 0.600. The second kappa shape index (κ2) is 5.38. The molecule has 3 heteroatoms. The molecule has 0 radical (unpaired) electrons. The molecule has 0 saturated heterocycles. The molecule has 0 aliphatic heterocycles. The predicted octanol–water partition coefficient (Wildman–Crippen LogP) is 0.200. The lowest BCUT2D eigenvalue weighted by molar-refractivity contribution is -0.121. The fourth-order valence-corrected chi connectivity index (χ4v) is 0.463. The summed E-state index contributed by atoms with van der Waals surface area (Å²) in [6.45, 7) is 4.34. The topological polar surface area (TPSA) is 38.3 Å². The number of Topliss-reactive ketones (excluding diaryl/α,β-unsaturated/α-hetero) is 1. The first-order valence-electron chi connectivity index (χ1n) is 3.41. The van der Waals surface area contributed by atoms with Gasteiger partial charge in [0.1, 0.15) is 6.61 Å². The molecular formula is C7H15NO2. The van der Waals surface area contributed by atoms with Crippen molar-refractivity contribution in [1.82, 2.24) is 5.32 Å². The fraction of sp³-hybridized carbons (Fsp3) is 0.857. The molecule has 0 aliphatic rings. The van der Waals surface area contributed by atoms with E-state index >= 15 is 0 Å². The zero-order chi connectivity index (χ0) is 7.98. The minimum Gasteiger partial charge on any atom is -0.372 e. The monoisotopic (exact) mass is 145 g/mol. The Morgan fingerprint density at radius 3 is 2.70 bits per heavy atom. The van der Waals surface area contributed by atoms with Crippen molar-refractivity contribution < 1.29 is 9.53 Å². The Bertz CT molecular complexity index is 104. The number of hydrogen-bond acceptors (Lipinski definition) is 3. The molecule has 0 aromatic rings. The van der Waals surface area contributed by atoms with Crippen molar-refractivity contribution in [3.8, 4) is 0 Å². The lowest BCUT2D eigenvalue weighted by Gasteiger charge is -2.08. The normalized spacial score (nSPS) is 13.1. The zero-order valence-corrected chi connectivity index (χ0v) is 6.81. The lowest BCUT2D eigenvalue weighted by atomic mass is 10.4. The van der Waals surface area contributed by atoms with Crippen molar-refractivity contribution in [1.29, 1.82) is 0 Å². The average molecular weight is 145 g/mol. The molecule has 1 N–H and O–H groups in total. The van der Waals surface area contributed by atoms with Gasteiger partial charge in [-0.3, -0.25) is 4.79 Å². The van der Waals surface area contributed by atoms with Crippen molar-refractivity contribution in [2.75, 3.05) is 20.3 Å². The highest BCUT2D eigenvalue weighted by atomic mass is 16.5. The zero-order valence-electron chi connectivity index (χ0n) is 6.81. The van der Waals surface area contributed by atoms with Crippen molar-refractivity contribution in [2.45, 2.75) is 19.9 Å². The number of carbonyl (C=O) groups excluding carboxylic acids is 1. The lowest BCUT2D eigenvalue weighted by Crippen LogP contribution is -2.27. The smallest absolute Gasteiger partial charge is 0.155 e. The Morgan fingerprint density at radius 2 is 2.30 bits per heavy atom. The molecular weight excluding hydrogens is 130 g/mol. The first-order valence-corrected chi connectivity index (χ1v) is 3.41. The highest BCUT2D eigenvalue weighted by Gasteiger charge is 1.98. The summed E-state index contributed by atoms with van der Waals surface area (Å²) >= 11 is 0. The number of rotatable bonds is 5. The Hall–Kier alpha value is -0.410. The van der Waals surface area contributed by atoms with E-state index < -0.39 is 0 Å².